The Morgan fingerprint density at radius 3 is 2.29 bits per heavy atom. The highest BCUT2D eigenvalue weighted by Crippen LogP contribution is 2.16. The molecule has 0 aliphatic heterocycles. The zero-order valence-electron chi connectivity index (χ0n) is 13.4. The lowest BCUT2D eigenvalue weighted by molar-refractivity contribution is -0.114. The molecule has 0 N–H and O–H groups in total. The second kappa shape index (κ2) is 7.75. The molecular weight excluding hydrogens is 322 g/mol. The average Bonchev–Trinajstić information content (AvgIpc) is 2.59. The van der Waals surface area contributed by atoms with E-state index < -0.39 is 15.7 Å². The van der Waals surface area contributed by atoms with Crippen molar-refractivity contribution < 1.29 is 13.2 Å². The maximum atomic E-state index is 12.4. The first-order valence-corrected chi connectivity index (χ1v) is 8.96. The molecule has 0 radical (unpaired) electrons. The van der Waals surface area contributed by atoms with Gasteiger partial charge in [-0.05, 0) is 31.2 Å². The van der Waals surface area contributed by atoms with Crippen LogP contribution in [0.2, 0.25) is 0 Å². The quantitative estimate of drug-likeness (QED) is 0.597. The number of hydrogen-bond acceptors (Lipinski definition) is 3. The van der Waals surface area contributed by atoms with Crippen molar-refractivity contribution in [2.75, 3.05) is 11.4 Å². The van der Waals surface area contributed by atoms with Crippen LogP contribution in [0.4, 0.5) is 5.69 Å². The summed E-state index contributed by atoms with van der Waals surface area (Å²) in [6, 6.07) is 15.5. The summed E-state index contributed by atoms with van der Waals surface area (Å²) >= 11 is 0. The van der Waals surface area contributed by atoms with E-state index in [2.05, 4.69) is 6.58 Å². The number of sulfone groups is 1. The summed E-state index contributed by atoms with van der Waals surface area (Å²) in [5.74, 6) is -0.420. The predicted molar refractivity (Wildman–Crippen MR) is 96.5 cm³/mol. The number of para-hydroxylation sites is 1. The molecule has 0 bridgehead atoms. The first-order chi connectivity index (χ1) is 11.4. The van der Waals surface area contributed by atoms with Crippen LogP contribution in [-0.4, -0.2) is 20.9 Å². The van der Waals surface area contributed by atoms with Gasteiger partial charge in [0.2, 0.25) is 0 Å². The molecule has 4 nitrogen and oxygen atoms in total. The van der Waals surface area contributed by atoms with E-state index in [1.807, 2.05) is 25.1 Å². The van der Waals surface area contributed by atoms with Gasteiger partial charge >= 0.3 is 0 Å². The van der Waals surface area contributed by atoms with E-state index in [9.17, 15) is 13.2 Å². The third kappa shape index (κ3) is 4.43. The van der Waals surface area contributed by atoms with E-state index >= 15 is 0 Å². The minimum absolute atomic E-state index is 0.159. The van der Waals surface area contributed by atoms with Crippen molar-refractivity contribution in [3.05, 3.63) is 84.3 Å². The molecular formula is C19H19NO3S. The van der Waals surface area contributed by atoms with Crippen LogP contribution in [0.1, 0.15) is 5.56 Å². The lowest BCUT2D eigenvalue weighted by Crippen LogP contribution is -2.29. The first-order valence-electron chi connectivity index (χ1n) is 7.41. The van der Waals surface area contributed by atoms with Crippen LogP contribution in [0.25, 0.3) is 0 Å². The monoisotopic (exact) mass is 341 g/mol. The second-order valence-corrected chi connectivity index (χ2v) is 7.07. The lowest BCUT2D eigenvalue weighted by atomic mass is 10.2. The van der Waals surface area contributed by atoms with E-state index in [1.165, 1.54) is 17.0 Å². The molecule has 2 aromatic carbocycles. The smallest absolute Gasteiger partial charge is 0.251 e. The number of aryl methyl sites for hydroxylation is 1. The Morgan fingerprint density at radius 1 is 1.08 bits per heavy atom. The molecule has 5 heteroatoms. The molecule has 0 aliphatic rings. The Kier molecular flexibility index (Phi) is 5.71. The molecule has 0 aliphatic carbocycles. The van der Waals surface area contributed by atoms with Gasteiger partial charge in [0, 0.05) is 23.7 Å². The van der Waals surface area contributed by atoms with Crippen molar-refractivity contribution in [3.63, 3.8) is 0 Å². The zero-order valence-corrected chi connectivity index (χ0v) is 14.2. The summed E-state index contributed by atoms with van der Waals surface area (Å²) < 4.78 is 24.6. The van der Waals surface area contributed by atoms with Crippen molar-refractivity contribution in [3.8, 4) is 0 Å². The van der Waals surface area contributed by atoms with Gasteiger partial charge in [-0.2, -0.15) is 0 Å². The maximum Gasteiger partial charge on any atom is 0.251 e. The fourth-order valence-electron chi connectivity index (χ4n) is 2.10. The van der Waals surface area contributed by atoms with Crippen molar-refractivity contribution in [2.45, 2.75) is 11.8 Å². The molecule has 2 aromatic rings. The van der Waals surface area contributed by atoms with Gasteiger partial charge < -0.3 is 4.90 Å². The van der Waals surface area contributed by atoms with Crippen LogP contribution in [0.15, 0.2) is 83.6 Å². The number of carbonyl (C=O) groups is 1. The highest BCUT2D eigenvalue weighted by molar-refractivity contribution is 7.94. The number of hydrogen-bond donors (Lipinski definition) is 0. The molecule has 0 saturated carbocycles. The van der Waals surface area contributed by atoms with Crippen LogP contribution < -0.4 is 4.90 Å². The van der Waals surface area contributed by atoms with Crippen LogP contribution in [0.3, 0.4) is 0 Å². The molecule has 1 amide bonds. The molecule has 0 unspecified atom stereocenters. The van der Waals surface area contributed by atoms with Gasteiger partial charge in [0.05, 0.1) is 4.90 Å². The number of benzene rings is 2. The number of rotatable bonds is 6. The fraction of sp³-hybridized carbons (Fsp3) is 0.105. The Morgan fingerprint density at radius 2 is 1.71 bits per heavy atom. The third-order valence-corrected chi connectivity index (χ3v) is 4.81. The van der Waals surface area contributed by atoms with Crippen LogP contribution in [-0.2, 0) is 14.6 Å². The standard InChI is InChI=1S/C19H19NO3S/c1-3-14-20(17-7-5-4-6-8-17)19(21)13-15-24(22,23)18-11-9-16(2)10-12-18/h3-13,15H,1,14H2,2H3/b15-13+. The van der Waals surface area contributed by atoms with E-state index in [0.29, 0.717) is 5.69 Å². The summed E-state index contributed by atoms with van der Waals surface area (Å²) in [7, 11) is -3.66. The van der Waals surface area contributed by atoms with Crippen molar-refractivity contribution in [2.24, 2.45) is 0 Å². The molecule has 0 aromatic heterocycles. The van der Waals surface area contributed by atoms with Gasteiger partial charge in [-0.1, -0.05) is 42.0 Å². The summed E-state index contributed by atoms with van der Waals surface area (Å²) in [5, 5.41) is 0.943. The SMILES string of the molecule is C=CCN(C(=O)/C=C/S(=O)(=O)c1ccc(C)cc1)c1ccccc1. The van der Waals surface area contributed by atoms with E-state index in [1.54, 1.807) is 30.3 Å². The summed E-state index contributed by atoms with van der Waals surface area (Å²) in [5.41, 5.74) is 1.65. The largest absolute Gasteiger partial charge is 0.305 e. The fourth-order valence-corrected chi connectivity index (χ4v) is 3.07. The molecule has 0 spiro atoms. The normalized spacial score (nSPS) is 11.4. The van der Waals surface area contributed by atoms with Crippen LogP contribution in [0.5, 0.6) is 0 Å². The van der Waals surface area contributed by atoms with E-state index in [0.717, 1.165) is 17.0 Å². The van der Waals surface area contributed by atoms with E-state index in [4.69, 9.17) is 0 Å². The molecule has 124 valence electrons. The molecule has 0 fully saturated rings. The van der Waals surface area contributed by atoms with E-state index in [-0.39, 0.29) is 11.4 Å². The Bertz CT molecular complexity index is 838. The minimum Gasteiger partial charge on any atom is -0.305 e. The van der Waals surface area contributed by atoms with Gasteiger partial charge in [0.15, 0.2) is 9.84 Å². The molecule has 0 heterocycles. The summed E-state index contributed by atoms with van der Waals surface area (Å²) in [4.78, 5) is 14.0. The first kappa shape index (κ1) is 17.7. The number of carbonyl (C=O) groups excluding carboxylic acids is 1. The molecule has 24 heavy (non-hydrogen) atoms. The third-order valence-electron chi connectivity index (χ3n) is 3.38. The van der Waals surface area contributed by atoms with Gasteiger partial charge in [-0.3, -0.25) is 4.79 Å². The second-order valence-electron chi connectivity index (χ2n) is 5.23. The highest BCUT2D eigenvalue weighted by atomic mass is 32.2. The lowest BCUT2D eigenvalue weighted by Gasteiger charge is -2.19. The average molecular weight is 341 g/mol. The topological polar surface area (TPSA) is 54.5 Å². The zero-order chi connectivity index (χ0) is 17.6. The van der Waals surface area contributed by atoms with Crippen molar-refractivity contribution >= 4 is 21.4 Å². The maximum absolute atomic E-state index is 12.4. The minimum atomic E-state index is -3.66. The van der Waals surface area contributed by atoms with Gasteiger partial charge in [0.25, 0.3) is 5.91 Å². The summed E-state index contributed by atoms with van der Waals surface area (Å²) in [6.45, 7) is 5.80. The Labute approximate surface area is 142 Å². The molecule has 2 rings (SSSR count). The van der Waals surface area contributed by atoms with Crippen LogP contribution in [0, 0.1) is 6.92 Å². The molecule has 0 saturated heterocycles. The molecule has 0 atom stereocenters. The van der Waals surface area contributed by atoms with Crippen LogP contribution >= 0.6 is 0 Å². The Balaban J connectivity index is 2.24. The summed E-state index contributed by atoms with van der Waals surface area (Å²) in [6.07, 6.45) is 2.67. The predicted octanol–water partition coefficient (Wildman–Crippen LogP) is 3.50. The highest BCUT2D eigenvalue weighted by Gasteiger charge is 2.14. The number of nitrogens with zero attached hydrogens (tertiary/aromatic N) is 1. The number of amides is 1. The Hall–Kier alpha value is -2.66. The number of anilines is 1. The van der Waals surface area contributed by atoms with Crippen molar-refractivity contribution in [1.29, 1.82) is 0 Å². The van der Waals surface area contributed by atoms with Crippen molar-refractivity contribution in [1.82, 2.24) is 0 Å². The van der Waals surface area contributed by atoms with Gasteiger partial charge in [-0.25, -0.2) is 8.42 Å². The van der Waals surface area contributed by atoms with Gasteiger partial charge in [-0.15, -0.1) is 6.58 Å². The van der Waals surface area contributed by atoms with Gasteiger partial charge in [0.1, 0.15) is 0 Å².